The van der Waals surface area contributed by atoms with Gasteiger partial charge in [-0.25, -0.2) is 0 Å². The molecule has 3 aromatic carbocycles. The SMILES string of the molecule is CCOc1ccc(C(=O)c2oc3ccccc3c2NC(=O)c2ccc(Br)cc2)cc1. The van der Waals surface area contributed by atoms with E-state index in [4.69, 9.17) is 9.15 Å². The Morgan fingerprint density at radius 2 is 1.60 bits per heavy atom. The van der Waals surface area contributed by atoms with Crippen LogP contribution in [0.25, 0.3) is 11.0 Å². The van der Waals surface area contributed by atoms with Gasteiger partial charge in [-0.1, -0.05) is 28.1 Å². The van der Waals surface area contributed by atoms with Crippen molar-refractivity contribution in [1.29, 1.82) is 0 Å². The standard InChI is InChI=1S/C24H18BrNO4/c1-2-29-18-13-9-15(10-14-18)22(27)23-21(19-5-3-4-6-20(19)30-23)26-24(28)16-7-11-17(25)12-8-16/h3-14H,2H2,1H3,(H,26,28). The fourth-order valence-electron chi connectivity index (χ4n) is 3.12. The third-order valence-electron chi connectivity index (χ3n) is 4.57. The third kappa shape index (κ3) is 4.00. The molecule has 6 heteroatoms. The number of amides is 1. The summed E-state index contributed by atoms with van der Waals surface area (Å²) in [6, 6.07) is 21.0. The molecule has 0 radical (unpaired) electrons. The van der Waals surface area contributed by atoms with Crippen LogP contribution in [0.4, 0.5) is 5.69 Å². The second-order valence-electron chi connectivity index (χ2n) is 6.55. The van der Waals surface area contributed by atoms with Crippen LogP contribution in [0.3, 0.4) is 0 Å². The zero-order valence-electron chi connectivity index (χ0n) is 16.1. The maximum absolute atomic E-state index is 13.2. The van der Waals surface area contributed by atoms with Gasteiger partial charge in [-0.05, 0) is 67.6 Å². The lowest BCUT2D eigenvalue weighted by molar-refractivity contribution is 0.101. The average Bonchev–Trinajstić information content (AvgIpc) is 3.13. The minimum Gasteiger partial charge on any atom is -0.494 e. The lowest BCUT2D eigenvalue weighted by Crippen LogP contribution is -2.14. The minimum absolute atomic E-state index is 0.0887. The number of para-hydroxylation sites is 1. The molecule has 0 spiro atoms. The number of benzene rings is 3. The molecule has 0 fully saturated rings. The smallest absolute Gasteiger partial charge is 0.255 e. The van der Waals surface area contributed by atoms with Gasteiger partial charge >= 0.3 is 0 Å². The largest absolute Gasteiger partial charge is 0.494 e. The van der Waals surface area contributed by atoms with Crippen LogP contribution in [0.1, 0.15) is 33.4 Å². The van der Waals surface area contributed by atoms with Gasteiger partial charge in [0.15, 0.2) is 5.76 Å². The molecule has 0 saturated heterocycles. The molecule has 4 aromatic rings. The first kappa shape index (κ1) is 19.9. The van der Waals surface area contributed by atoms with Crippen LogP contribution in [0.5, 0.6) is 5.75 Å². The van der Waals surface area contributed by atoms with Crippen molar-refractivity contribution < 1.29 is 18.7 Å². The van der Waals surface area contributed by atoms with E-state index in [2.05, 4.69) is 21.2 Å². The Hall–Kier alpha value is -3.38. The molecule has 0 aliphatic rings. The van der Waals surface area contributed by atoms with Gasteiger partial charge in [-0.15, -0.1) is 0 Å². The highest BCUT2D eigenvalue weighted by Gasteiger charge is 2.23. The maximum Gasteiger partial charge on any atom is 0.255 e. The van der Waals surface area contributed by atoms with Gasteiger partial charge in [0, 0.05) is 21.0 Å². The molecule has 4 rings (SSSR count). The van der Waals surface area contributed by atoms with Gasteiger partial charge in [-0.3, -0.25) is 9.59 Å². The lowest BCUT2D eigenvalue weighted by Gasteiger charge is -2.07. The quantitative estimate of drug-likeness (QED) is 0.352. The molecule has 0 atom stereocenters. The van der Waals surface area contributed by atoms with Crippen molar-refractivity contribution in [3.05, 3.63) is 94.2 Å². The summed E-state index contributed by atoms with van der Waals surface area (Å²) in [5.41, 5.74) is 1.80. The molecule has 1 heterocycles. The number of hydrogen-bond donors (Lipinski definition) is 1. The highest BCUT2D eigenvalue weighted by Crippen LogP contribution is 2.33. The number of rotatable bonds is 6. The first-order chi connectivity index (χ1) is 14.6. The lowest BCUT2D eigenvalue weighted by atomic mass is 10.1. The van der Waals surface area contributed by atoms with E-state index in [0.29, 0.717) is 40.1 Å². The normalized spacial score (nSPS) is 10.7. The van der Waals surface area contributed by atoms with Gasteiger partial charge in [-0.2, -0.15) is 0 Å². The third-order valence-corrected chi connectivity index (χ3v) is 5.10. The molecular formula is C24H18BrNO4. The zero-order valence-corrected chi connectivity index (χ0v) is 17.7. The topological polar surface area (TPSA) is 68.5 Å². The second kappa shape index (κ2) is 8.55. The number of nitrogens with one attached hydrogen (secondary N) is 1. The Labute approximate surface area is 181 Å². The predicted octanol–water partition coefficient (Wildman–Crippen LogP) is 6.08. The highest BCUT2D eigenvalue weighted by atomic mass is 79.9. The zero-order chi connectivity index (χ0) is 21.1. The number of anilines is 1. The monoisotopic (exact) mass is 463 g/mol. The van der Waals surface area contributed by atoms with Crippen LogP contribution in [0.15, 0.2) is 81.7 Å². The van der Waals surface area contributed by atoms with Gasteiger partial charge < -0.3 is 14.5 Å². The fraction of sp³-hybridized carbons (Fsp3) is 0.0833. The van der Waals surface area contributed by atoms with Crippen molar-refractivity contribution in [2.24, 2.45) is 0 Å². The summed E-state index contributed by atoms with van der Waals surface area (Å²) < 4.78 is 12.2. The van der Waals surface area contributed by atoms with E-state index in [1.165, 1.54) is 0 Å². The number of hydrogen-bond acceptors (Lipinski definition) is 4. The summed E-state index contributed by atoms with van der Waals surface area (Å²) in [6.45, 7) is 2.44. The first-order valence-electron chi connectivity index (χ1n) is 9.43. The van der Waals surface area contributed by atoms with E-state index in [1.807, 2.05) is 25.1 Å². The molecule has 30 heavy (non-hydrogen) atoms. The summed E-state index contributed by atoms with van der Waals surface area (Å²) in [4.78, 5) is 26.0. The molecule has 0 aliphatic carbocycles. The number of ketones is 1. The Balaban J connectivity index is 1.72. The Bertz CT molecular complexity index is 1210. The summed E-state index contributed by atoms with van der Waals surface area (Å²) in [6.07, 6.45) is 0. The molecular weight excluding hydrogens is 446 g/mol. The molecule has 0 saturated carbocycles. The van der Waals surface area contributed by atoms with Crippen molar-refractivity contribution >= 4 is 44.3 Å². The molecule has 5 nitrogen and oxygen atoms in total. The van der Waals surface area contributed by atoms with Gasteiger partial charge in [0.2, 0.25) is 5.78 Å². The second-order valence-corrected chi connectivity index (χ2v) is 7.47. The van der Waals surface area contributed by atoms with Gasteiger partial charge in [0.25, 0.3) is 5.91 Å². The van der Waals surface area contributed by atoms with E-state index < -0.39 is 0 Å². The number of furan rings is 1. The number of carbonyl (C=O) groups excluding carboxylic acids is 2. The number of ether oxygens (including phenoxy) is 1. The van der Waals surface area contributed by atoms with Crippen LogP contribution in [-0.4, -0.2) is 18.3 Å². The van der Waals surface area contributed by atoms with Crippen molar-refractivity contribution in [2.45, 2.75) is 6.92 Å². The number of fused-ring (bicyclic) bond motifs is 1. The van der Waals surface area contributed by atoms with Crippen molar-refractivity contribution in [3.8, 4) is 5.75 Å². The molecule has 0 unspecified atom stereocenters. The van der Waals surface area contributed by atoms with Crippen LogP contribution in [0, 0.1) is 0 Å². The number of carbonyl (C=O) groups is 2. The fourth-order valence-corrected chi connectivity index (χ4v) is 3.38. The van der Waals surface area contributed by atoms with E-state index in [-0.39, 0.29) is 17.5 Å². The van der Waals surface area contributed by atoms with Crippen LogP contribution in [0.2, 0.25) is 0 Å². The summed E-state index contributed by atoms with van der Waals surface area (Å²) in [5, 5.41) is 3.52. The first-order valence-corrected chi connectivity index (χ1v) is 10.2. The Kier molecular flexibility index (Phi) is 5.68. The molecule has 0 aliphatic heterocycles. The van der Waals surface area contributed by atoms with E-state index >= 15 is 0 Å². The van der Waals surface area contributed by atoms with E-state index in [0.717, 1.165) is 4.47 Å². The molecule has 150 valence electrons. The van der Waals surface area contributed by atoms with E-state index in [1.54, 1.807) is 54.6 Å². The van der Waals surface area contributed by atoms with Gasteiger partial charge in [0.1, 0.15) is 11.3 Å². The van der Waals surface area contributed by atoms with Crippen molar-refractivity contribution in [3.63, 3.8) is 0 Å². The van der Waals surface area contributed by atoms with Gasteiger partial charge in [0.05, 0.1) is 12.3 Å². The molecule has 0 bridgehead atoms. The number of halogens is 1. The Morgan fingerprint density at radius 3 is 2.30 bits per heavy atom. The van der Waals surface area contributed by atoms with Crippen molar-refractivity contribution in [1.82, 2.24) is 0 Å². The van der Waals surface area contributed by atoms with Crippen LogP contribution in [-0.2, 0) is 0 Å². The summed E-state index contributed by atoms with van der Waals surface area (Å²) in [5.74, 6) is 0.128. The maximum atomic E-state index is 13.2. The summed E-state index contributed by atoms with van der Waals surface area (Å²) in [7, 11) is 0. The van der Waals surface area contributed by atoms with Crippen LogP contribution >= 0.6 is 15.9 Å². The minimum atomic E-state index is -0.324. The van der Waals surface area contributed by atoms with Crippen molar-refractivity contribution in [2.75, 3.05) is 11.9 Å². The van der Waals surface area contributed by atoms with Crippen LogP contribution < -0.4 is 10.1 Å². The summed E-state index contributed by atoms with van der Waals surface area (Å²) >= 11 is 3.36. The molecule has 1 amide bonds. The highest BCUT2D eigenvalue weighted by molar-refractivity contribution is 9.10. The molecule has 1 N–H and O–H groups in total. The average molecular weight is 464 g/mol. The molecule has 1 aromatic heterocycles. The Morgan fingerprint density at radius 1 is 0.933 bits per heavy atom. The predicted molar refractivity (Wildman–Crippen MR) is 119 cm³/mol. The van der Waals surface area contributed by atoms with E-state index in [9.17, 15) is 9.59 Å².